The van der Waals surface area contributed by atoms with Crippen LogP contribution < -0.4 is 9.47 Å². The van der Waals surface area contributed by atoms with E-state index in [1.54, 1.807) is 21.3 Å². The minimum Gasteiger partial charge on any atom is -0.467 e. The average molecular weight is 390 g/mol. The van der Waals surface area contributed by atoms with Crippen molar-refractivity contribution in [1.29, 1.82) is 0 Å². The second kappa shape index (κ2) is 11.7. The first-order chi connectivity index (χ1) is 13.7. The largest absolute Gasteiger partial charge is 0.467 e. The second-order valence-electron chi connectivity index (χ2n) is 6.22. The summed E-state index contributed by atoms with van der Waals surface area (Å²) in [6.45, 7) is 2.83. The molecule has 0 aliphatic heterocycles. The zero-order valence-corrected chi connectivity index (χ0v) is 17.1. The van der Waals surface area contributed by atoms with E-state index in [-0.39, 0.29) is 20.2 Å². The third-order valence-corrected chi connectivity index (χ3v) is 4.50. The van der Waals surface area contributed by atoms with Gasteiger partial charge in [0.2, 0.25) is 0 Å². The number of rotatable bonds is 12. The van der Waals surface area contributed by atoms with Gasteiger partial charge >= 0.3 is 0 Å². The molecule has 0 fully saturated rings. The minimum absolute atomic E-state index is 0.0625. The lowest BCUT2D eigenvalue weighted by atomic mass is 9.88. The van der Waals surface area contributed by atoms with Crippen LogP contribution in [0.25, 0.3) is 11.1 Å². The number of ether oxygens (including phenoxy) is 5. The zero-order valence-electron chi connectivity index (χ0n) is 17.1. The highest BCUT2D eigenvalue weighted by molar-refractivity contribution is 5.79. The van der Waals surface area contributed by atoms with Crippen LogP contribution in [0, 0.1) is 0 Å². The molecule has 2 aromatic carbocycles. The number of hydrogen-bond acceptors (Lipinski definition) is 6. The van der Waals surface area contributed by atoms with Crippen LogP contribution in [0.4, 0.5) is 0 Å². The van der Waals surface area contributed by atoms with Gasteiger partial charge in [-0.05, 0) is 35.1 Å². The van der Waals surface area contributed by atoms with Gasteiger partial charge in [-0.3, -0.25) is 0 Å². The fourth-order valence-corrected chi connectivity index (χ4v) is 3.28. The molecule has 0 spiro atoms. The van der Waals surface area contributed by atoms with E-state index >= 15 is 0 Å². The average Bonchev–Trinajstić information content (AvgIpc) is 2.74. The summed E-state index contributed by atoms with van der Waals surface area (Å²) in [5.74, 6) is 1.35. The first-order valence-electron chi connectivity index (χ1n) is 9.32. The van der Waals surface area contributed by atoms with Crippen LogP contribution in [0.3, 0.4) is 0 Å². The molecule has 0 atom stereocenters. The van der Waals surface area contributed by atoms with E-state index < -0.39 is 0 Å². The summed E-state index contributed by atoms with van der Waals surface area (Å²) >= 11 is 0. The smallest absolute Gasteiger partial charge is 0.188 e. The molecular formula is C22H30O6. The summed E-state index contributed by atoms with van der Waals surface area (Å²) in [6.07, 6.45) is 1.46. The van der Waals surface area contributed by atoms with Crippen molar-refractivity contribution in [1.82, 2.24) is 0 Å². The molecule has 1 N–H and O–H groups in total. The molecule has 154 valence electrons. The first kappa shape index (κ1) is 22.2. The number of benzene rings is 2. The minimum atomic E-state index is -0.0625. The normalized spacial score (nSPS) is 10.9. The lowest BCUT2D eigenvalue weighted by Crippen LogP contribution is -2.10. The molecule has 0 aliphatic rings. The Balaban J connectivity index is 2.75. The van der Waals surface area contributed by atoms with Gasteiger partial charge in [-0.15, -0.1) is 0 Å². The molecule has 2 aromatic rings. The van der Waals surface area contributed by atoms with Crippen molar-refractivity contribution in [3.63, 3.8) is 0 Å². The molecule has 0 amide bonds. The van der Waals surface area contributed by atoms with E-state index in [4.69, 9.17) is 23.7 Å². The Labute approximate surface area is 166 Å². The lowest BCUT2D eigenvalue weighted by molar-refractivity contribution is 0.0457. The van der Waals surface area contributed by atoms with E-state index in [1.165, 1.54) is 0 Å². The van der Waals surface area contributed by atoms with Gasteiger partial charge in [-0.2, -0.15) is 0 Å². The molecule has 0 saturated heterocycles. The second-order valence-corrected chi connectivity index (χ2v) is 6.22. The van der Waals surface area contributed by atoms with Crippen molar-refractivity contribution in [2.24, 2.45) is 0 Å². The Morgan fingerprint density at radius 3 is 2.14 bits per heavy atom. The van der Waals surface area contributed by atoms with Crippen molar-refractivity contribution in [2.45, 2.75) is 26.4 Å². The monoisotopic (exact) mass is 390 g/mol. The van der Waals surface area contributed by atoms with Gasteiger partial charge in [0.05, 0.1) is 13.2 Å². The van der Waals surface area contributed by atoms with Gasteiger partial charge in [0, 0.05) is 33.0 Å². The van der Waals surface area contributed by atoms with Crippen LogP contribution in [0.1, 0.15) is 23.6 Å². The predicted molar refractivity (Wildman–Crippen MR) is 108 cm³/mol. The highest BCUT2D eigenvalue weighted by Crippen LogP contribution is 2.42. The fourth-order valence-electron chi connectivity index (χ4n) is 3.28. The van der Waals surface area contributed by atoms with Gasteiger partial charge in [0.25, 0.3) is 0 Å². The molecule has 0 radical (unpaired) electrons. The Kier molecular flexibility index (Phi) is 9.23. The maximum absolute atomic E-state index is 9.88. The van der Waals surface area contributed by atoms with Crippen molar-refractivity contribution >= 4 is 0 Å². The molecular weight excluding hydrogens is 360 g/mol. The molecule has 2 rings (SSSR count). The SMILES string of the molecule is CCc1c(OCOC)cc(OCOC)c(-c2ccccc2CO)c1CCOC. The third-order valence-electron chi connectivity index (χ3n) is 4.50. The number of aliphatic hydroxyl groups is 1. The Morgan fingerprint density at radius 2 is 1.54 bits per heavy atom. The maximum atomic E-state index is 9.88. The number of aliphatic hydroxyl groups excluding tert-OH is 1. The van der Waals surface area contributed by atoms with Gasteiger partial charge in [-0.25, -0.2) is 0 Å². The molecule has 0 aromatic heterocycles. The number of hydrogen-bond donors (Lipinski definition) is 1. The topological polar surface area (TPSA) is 66.4 Å². The maximum Gasteiger partial charge on any atom is 0.188 e. The predicted octanol–water partition coefficient (Wildman–Crippen LogP) is 3.56. The van der Waals surface area contributed by atoms with Crippen LogP contribution in [-0.2, 0) is 33.7 Å². The Hall–Kier alpha value is -2.12. The highest BCUT2D eigenvalue weighted by atomic mass is 16.7. The Bertz CT molecular complexity index is 744. The van der Waals surface area contributed by atoms with E-state index in [2.05, 4.69) is 6.92 Å². The summed E-state index contributed by atoms with van der Waals surface area (Å²) < 4.78 is 27.3. The van der Waals surface area contributed by atoms with Gasteiger partial charge < -0.3 is 28.8 Å². The molecule has 28 heavy (non-hydrogen) atoms. The van der Waals surface area contributed by atoms with Crippen molar-refractivity contribution in [3.05, 3.63) is 47.0 Å². The van der Waals surface area contributed by atoms with Crippen LogP contribution >= 0.6 is 0 Å². The zero-order chi connectivity index (χ0) is 20.4. The molecule has 0 bridgehead atoms. The molecule has 6 heteroatoms. The quantitative estimate of drug-likeness (QED) is 0.559. The summed E-state index contributed by atoms with van der Waals surface area (Å²) in [7, 11) is 4.85. The molecule has 0 saturated carbocycles. The van der Waals surface area contributed by atoms with Gasteiger partial charge in [0.15, 0.2) is 13.6 Å². The summed E-state index contributed by atoms with van der Waals surface area (Å²) in [6, 6.07) is 9.64. The lowest BCUT2D eigenvalue weighted by Gasteiger charge is -2.23. The van der Waals surface area contributed by atoms with Crippen LogP contribution in [0.15, 0.2) is 30.3 Å². The van der Waals surface area contributed by atoms with Crippen LogP contribution in [0.5, 0.6) is 11.5 Å². The Morgan fingerprint density at radius 1 is 0.857 bits per heavy atom. The van der Waals surface area contributed by atoms with Gasteiger partial charge in [-0.1, -0.05) is 31.2 Å². The number of methoxy groups -OCH3 is 3. The van der Waals surface area contributed by atoms with Crippen molar-refractivity contribution < 1.29 is 28.8 Å². The standard InChI is InChI=1S/C22H30O6/c1-5-17-19(10-11-24-2)22(18-9-7-6-8-16(18)13-23)21(28-15-26-4)12-20(17)27-14-25-3/h6-9,12,23H,5,10-11,13-15H2,1-4H3. The summed E-state index contributed by atoms with van der Waals surface area (Å²) in [5.41, 5.74) is 4.83. The van der Waals surface area contributed by atoms with Crippen LogP contribution in [0.2, 0.25) is 0 Å². The van der Waals surface area contributed by atoms with E-state index in [9.17, 15) is 5.11 Å². The summed E-state index contributed by atoms with van der Waals surface area (Å²) in [5, 5.41) is 9.88. The molecule has 0 aliphatic carbocycles. The van der Waals surface area contributed by atoms with E-state index in [1.807, 2.05) is 30.3 Å². The first-order valence-corrected chi connectivity index (χ1v) is 9.32. The third kappa shape index (κ3) is 5.23. The molecule has 0 heterocycles. The highest BCUT2D eigenvalue weighted by Gasteiger charge is 2.22. The summed E-state index contributed by atoms with van der Waals surface area (Å²) in [4.78, 5) is 0. The molecule has 0 unspecified atom stereocenters. The van der Waals surface area contributed by atoms with Crippen molar-refractivity contribution in [3.8, 4) is 22.6 Å². The van der Waals surface area contributed by atoms with Crippen LogP contribution in [-0.4, -0.2) is 46.6 Å². The molecule has 6 nitrogen and oxygen atoms in total. The van der Waals surface area contributed by atoms with E-state index in [0.717, 1.165) is 34.2 Å². The fraction of sp³-hybridized carbons (Fsp3) is 0.455. The van der Waals surface area contributed by atoms with Gasteiger partial charge in [0.1, 0.15) is 11.5 Å². The van der Waals surface area contributed by atoms with Crippen molar-refractivity contribution in [2.75, 3.05) is 41.5 Å². The van der Waals surface area contributed by atoms with E-state index in [0.29, 0.717) is 24.5 Å².